The number of carboxylic acid groups (broad SMARTS) is 2. The van der Waals surface area contributed by atoms with Gasteiger partial charge in [-0.3, -0.25) is 24.2 Å². The van der Waals surface area contributed by atoms with Crippen LogP contribution in [0.2, 0.25) is 0 Å². The molecule has 0 fully saturated rings. The van der Waals surface area contributed by atoms with Crippen molar-refractivity contribution in [1.82, 2.24) is 16.0 Å². The molecule has 3 amide bonds. The van der Waals surface area contributed by atoms with Gasteiger partial charge < -0.3 is 43.4 Å². The van der Waals surface area contributed by atoms with Gasteiger partial charge in [-0.1, -0.05) is 20.3 Å². The molecule has 0 aliphatic heterocycles. The molecule has 11 N–H and O–H groups in total. The Morgan fingerprint density at radius 1 is 1.00 bits per heavy atom. The molecule has 0 heterocycles. The second kappa shape index (κ2) is 15.4. The van der Waals surface area contributed by atoms with Gasteiger partial charge in [-0.2, -0.15) is 0 Å². The number of carboxylic acids is 2. The van der Waals surface area contributed by atoms with E-state index in [0.29, 0.717) is 12.8 Å². The van der Waals surface area contributed by atoms with Gasteiger partial charge in [0.1, 0.15) is 12.1 Å². The highest BCUT2D eigenvalue weighted by molar-refractivity contribution is 5.92. The van der Waals surface area contributed by atoms with Gasteiger partial charge in [-0.25, -0.2) is 4.79 Å². The summed E-state index contributed by atoms with van der Waals surface area (Å²) in [6, 6.07) is -3.36. The fourth-order valence-electron chi connectivity index (χ4n) is 2.66. The van der Waals surface area contributed by atoms with Crippen LogP contribution in [0.3, 0.4) is 0 Å². The number of nitrogens with one attached hydrogen (secondary N) is 3. The molecule has 14 nitrogen and oxygen atoms in total. The number of nitrogens with zero attached hydrogens (tertiary/aromatic N) is 1. The average molecular weight is 474 g/mol. The van der Waals surface area contributed by atoms with Crippen LogP contribution in [0.15, 0.2) is 4.99 Å². The first-order valence-electron chi connectivity index (χ1n) is 10.5. The van der Waals surface area contributed by atoms with Gasteiger partial charge in [-0.15, -0.1) is 0 Å². The minimum atomic E-state index is -1.19. The summed E-state index contributed by atoms with van der Waals surface area (Å²) in [5, 5.41) is 25.1. The minimum Gasteiger partial charge on any atom is -0.481 e. The summed E-state index contributed by atoms with van der Waals surface area (Å²) >= 11 is 0. The summed E-state index contributed by atoms with van der Waals surface area (Å²) in [6.45, 7) is 3.13. The number of amides is 3. The predicted molar refractivity (Wildman–Crippen MR) is 119 cm³/mol. The lowest BCUT2D eigenvalue weighted by Gasteiger charge is -2.22. The Labute approximate surface area is 191 Å². The molecule has 0 rings (SSSR count). The molecule has 0 radical (unpaired) electrons. The number of aliphatic carboxylic acids is 2. The van der Waals surface area contributed by atoms with Gasteiger partial charge in [0.25, 0.3) is 0 Å². The summed E-state index contributed by atoms with van der Waals surface area (Å²) in [6.07, 6.45) is 0.485. The maximum absolute atomic E-state index is 12.6. The number of hydrogen-bond donors (Lipinski definition) is 8. The number of carbonyl (C=O) groups is 5. The first-order chi connectivity index (χ1) is 15.4. The first-order valence-corrected chi connectivity index (χ1v) is 10.5. The zero-order chi connectivity index (χ0) is 25.6. The fraction of sp³-hybridized carbons (Fsp3) is 0.684. The van der Waals surface area contributed by atoms with Crippen molar-refractivity contribution in [3.05, 3.63) is 0 Å². The van der Waals surface area contributed by atoms with Crippen molar-refractivity contribution in [3.8, 4) is 0 Å². The maximum Gasteiger partial charge on any atom is 0.326 e. The number of nitrogens with two attached hydrogens (primary N) is 3. The Morgan fingerprint density at radius 2 is 1.64 bits per heavy atom. The van der Waals surface area contributed by atoms with Crippen molar-refractivity contribution in [2.24, 2.45) is 28.1 Å². The summed E-state index contributed by atoms with van der Waals surface area (Å²) in [4.78, 5) is 62.7. The summed E-state index contributed by atoms with van der Waals surface area (Å²) in [5.41, 5.74) is 16.2. The van der Waals surface area contributed by atoms with Crippen LogP contribution in [-0.4, -0.2) is 77.0 Å². The third-order valence-electron chi connectivity index (χ3n) is 4.80. The molecule has 33 heavy (non-hydrogen) atoms. The van der Waals surface area contributed by atoms with Gasteiger partial charge in [0, 0.05) is 13.0 Å². The maximum atomic E-state index is 12.6. The second-order valence-corrected chi connectivity index (χ2v) is 7.54. The van der Waals surface area contributed by atoms with E-state index in [-0.39, 0.29) is 37.7 Å². The molecule has 4 unspecified atom stereocenters. The third kappa shape index (κ3) is 12.9. The van der Waals surface area contributed by atoms with Crippen LogP contribution in [0.25, 0.3) is 0 Å². The molecule has 0 aromatic carbocycles. The lowest BCUT2D eigenvalue weighted by atomic mass is 9.99. The molecule has 0 saturated heterocycles. The first kappa shape index (κ1) is 29.6. The largest absolute Gasteiger partial charge is 0.481 e. The van der Waals surface area contributed by atoms with Crippen molar-refractivity contribution in [2.75, 3.05) is 13.1 Å². The normalized spacial score (nSPS) is 14.2. The molecule has 4 atom stereocenters. The number of hydrogen-bond acceptors (Lipinski definition) is 7. The molecule has 0 spiro atoms. The second-order valence-electron chi connectivity index (χ2n) is 7.54. The molecular weight excluding hydrogens is 438 g/mol. The molecule has 0 aromatic rings. The van der Waals surface area contributed by atoms with Crippen LogP contribution in [0.5, 0.6) is 0 Å². The highest BCUT2D eigenvalue weighted by Gasteiger charge is 2.27. The molecular formula is C19H35N7O7. The van der Waals surface area contributed by atoms with E-state index >= 15 is 0 Å². The van der Waals surface area contributed by atoms with Crippen LogP contribution >= 0.6 is 0 Å². The number of carbonyl (C=O) groups excluding carboxylic acids is 3. The van der Waals surface area contributed by atoms with Crippen molar-refractivity contribution < 1.29 is 34.2 Å². The monoisotopic (exact) mass is 473 g/mol. The van der Waals surface area contributed by atoms with Crippen molar-refractivity contribution in [3.63, 3.8) is 0 Å². The standard InChI is InChI=1S/C19H35N7O7/c1-3-10(2)15(18(32)33)26-13(27)9-24-17(31)12(5-4-8-23-19(21)22)25-16(30)11(20)6-7-14(28)29/h10-12,15H,3-9,20H2,1-2H3,(H,24,31)(H,25,30)(H,26,27)(H,28,29)(H,32,33)(H4,21,22,23). The zero-order valence-electron chi connectivity index (χ0n) is 18.9. The summed E-state index contributed by atoms with van der Waals surface area (Å²) in [7, 11) is 0. The average Bonchev–Trinajstić information content (AvgIpc) is 2.74. The van der Waals surface area contributed by atoms with E-state index in [1.54, 1.807) is 13.8 Å². The van der Waals surface area contributed by atoms with E-state index in [4.69, 9.17) is 22.3 Å². The Hall–Kier alpha value is -3.42. The SMILES string of the molecule is CCC(C)C(NC(=O)CNC(=O)C(CCCN=C(N)N)NC(=O)C(N)CCC(=O)O)C(=O)O. The van der Waals surface area contributed by atoms with Gasteiger partial charge in [0.15, 0.2) is 5.96 Å². The van der Waals surface area contributed by atoms with Crippen LogP contribution < -0.4 is 33.2 Å². The lowest BCUT2D eigenvalue weighted by molar-refractivity contribution is -0.143. The van der Waals surface area contributed by atoms with Crippen LogP contribution in [0.4, 0.5) is 0 Å². The van der Waals surface area contributed by atoms with E-state index in [1.807, 2.05) is 0 Å². The highest BCUT2D eigenvalue weighted by atomic mass is 16.4. The van der Waals surface area contributed by atoms with Gasteiger partial charge in [0.2, 0.25) is 17.7 Å². The van der Waals surface area contributed by atoms with Gasteiger partial charge >= 0.3 is 11.9 Å². The van der Waals surface area contributed by atoms with E-state index in [9.17, 15) is 29.1 Å². The molecule has 0 saturated carbocycles. The fourth-order valence-corrected chi connectivity index (χ4v) is 2.66. The molecule has 14 heteroatoms. The van der Waals surface area contributed by atoms with E-state index in [2.05, 4.69) is 20.9 Å². The number of rotatable bonds is 16. The van der Waals surface area contributed by atoms with Crippen molar-refractivity contribution >= 4 is 35.6 Å². The van der Waals surface area contributed by atoms with Crippen LogP contribution in [-0.2, 0) is 24.0 Å². The molecule has 0 aromatic heterocycles. The Morgan fingerprint density at radius 3 is 2.15 bits per heavy atom. The van der Waals surface area contributed by atoms with Gasteiger partial charge in [-0.05, 0) is 25.2 Å². The zero-order valence-corrected chi connectivity index (χ0v) is 18.9. The highest BCUT2D eigenvalue weighted by Crippen LogP contribution is 2.07. The van der Waals surface area contributed by atoms with Crippen LogP contribution in [0, 0.1) is 5.92 Å². The van der Waals surface area contributed by atoms with E-state index < -0.39 is 54.3 Å². The topological polar surface area (TPSA) is 252 Å². The third-order valence-corrected chi connectivity index (χ3v) is 4.80. The molecule has 188 valence electrons. The van der Waals surface area contributed by atoms with E-state index in [0.717, 1.165) is 0 Å². The predicted octanol–water partition coefficient (Wildman–Crippen LogP) is -2.55. The lowest BCUT2D eigenvalue weighted by Crippen LogP contribution is -2.54. The molecule has 0 aliphatic rings. The summed E-state index contributed by atoms with van der Waals surface area (Å²) < 4.78 is 0. The van der Waals surface area contributed by atoms with E-state index in [1.165, 1.54) is 0 Å². The van der Waals surface area contributed by atoms with Crippen LogP contribution in [0.1, 0.15) is 46.0 Å². The van der Waals surface area contributed by atoms with Crippen molar-refractivity contribution in [2.45, 2.75) is 64.1 Å². The Balaban J connectivity index is 5.03. The molecule has 0 bridgehead atoms. The van der Waals surface area contributed by atoms with Gasteiger partial charge in [0.05, 0.1) is 12.6 Å². The van der Waals surface area contributed by atoms with Crippen molar-refractivity contribution in [1.29, 1.82) is 0 Å². The smallest absolute Gasteiger partial charge is 0.326 e. The molecule has 0 aliphatic carbocycles. The summed E-state index contributed by atoms with van der Waals surface area (Å²) in [5.74, 6) is -4.91. The minimum absolute atomic E-state index is 0.103. The Kier molecular flexibility index (Phi) is 13.8. The Bertz CT molecular complexity index is 725. The number of guanidine groups is 1. The quantitative estimate of drug-likeness (QED) is 0.0661. The number of aliphatic imine (C=N–C) groups is 1.